The Morgan fingerprint density at radius 3 is 2.46 bits per heavy atom. The summed E-state index contributed by atoms with van der Waals surface area (Å²) < 4.78 is 24.7. The molecular weight excluding hydrogens is 592 g/mol. The highest BCUT2D eigenvalue weighted by molar-refractivity contribution is 5.96. The zero-order valence-corrected chi connectivity index (χ0v) is 25.6. The largest absolute Gasteiger partial charge is 0.499 e. The first-order chi connectivity index (χ1) is 22.4. The molecule has 6 rings (SSSR count). The summed E-state index contributed by atoms with van der Waals surface area (Å²) in [4.78, 5) is 39.5. The van der Waals surface area contributed by atoms with Crippen molar-refractivity contribution in [3.05, 3.63) is 88.7 Å². The van der Waals surface area contributed by atoms with Gasteiger partial charge in [0.1, 0.15) is 24.9 Å². The highest BCUT2D eigenvalue weighted by atomic mass is 16.8. The Hall–Kier alpha value is -4.03. The Kier molecular flexibility index (Phi) is 9.83. The van der Waals surface area contributed by atoms with Crippen molar-refractivity contribution < 1.29 is 43.5 Å². The first kappa shape index (κ1) is 31.9. The fourth-order valence-corrected chi connectivity index (χ4v) is 6.23. The summed E-state index contributed by atoms with van der Waals surface area (Å²) in [6.45, 7) is 0.187. The third kappa shape index (κ3) is 7.18. The van der Waals surface area contributed by atoms with E-state index in [1.807, 2.05) is 12.1 Å². The van der Waals surface area contributed by atoms with E-state index >= 15 is 0 Å². The van der Waals surface area contributed by atoms with E-state index in [0.717, 1.165) is 31.2 Å². The van der Waals surface area contributed by atoms with Crippen LogP contribution in [-0.4, -0.2) is 78.5 Å². The minimum Gasteiger partial charge on any atom is -0.499 e. The zero-order valence-electron chi connectivity index (χ0n) is 25.6. The molecule has 1 saturated heterocycles. The van der Waals surface area contributed by atoms with Crippen LogP contribution in [0.2, 0.25) is 0 Å². The van der Waals surface area contributed by atoms with Gasteiger partial charge in [0.2, 0.25) is 5.91 Å². The molecule has 0 aromatic heterocycles. The third-order valence-corrected chi connectivity index (χ3v) is 8.73. The third-order valence-electron chi connectivity index (χ3n) is 8.73. The minimum atomic E-state index is -0.760. The Bertz CT molecular complexity index is 1480. The number of hydrogen-bond acceptors (Lipinski definition) is 9. The van der Waals surface area contributed by atoms with Crippen LogP contribution in [0.25, 0.3) is 6.08 Å². The van der Waals surface area contributed by atoms with Crippen molar-refractivity contribution in [1.82, 2.24) is 10.6 Å². The van der Waals surface area contributed by atoms with Gasteiger partial charge in [0, 0.05) is 42.5 Å². The molecule has 0 spiro atoms. The van der Waals surface area contributed by atoms with Crippen LogP contribution in [0.5, 0.6) is 0 Å². The quantitative estimate of drug-likeness (QED) is 0.140. The van der Waals surface area contributed by atoms with Crippen molar-refractivity contribution in [3.8, 4) is 0 Å². The molecule has 244 valence electrons. The molecule has 4 aliphatic rings. The molecule has 2 aromatic carbocycles. The van der Waals surface area contributed by atoms with Crippen molar-refractivity contribution in [2.45, 2.75) is 62.7 Å². The van der Waals surface area contributed by atoms with Crippen LogP contribution in [0, 0.1) is 11.8 Å². The molecule has 4 N–H and O–H groups in total. The predicted molar refractivity (Wildman–Crippen MR) is 166 cm³/mol. The molecule has 1 heterocycles. The second kappa shape index (κ2) is 14.2. The lowest BCUT2D eigenvalue weighted by atomic mass is 9.91. The number of ether oxygens (including phenoxy) is 4. The van der Waals surface area contributed by atoms with Crippen LogP contribution in [0.3, 0.4) is 0 Å². The van der Waals surface area contributed by atoms with E-state index in [9.17, 15) is 14.4 Å². The molecule has 0 radical (unpaired) electrons. The maximum absolute atomic E-state index is 13.6. The first-order valence-electron chi connectivity index (χ1n) is 15.9. The molecule has 0 bridgehead atoms. The van der Waals surface area contributed by atoms with E-state index < -0.39 is 30.1 Å². The Balaban J connectivity index is 1.19. The highest BCUT2D eigenvalue weighted by Crippen LogP contribution is 2.59. The fourth-order valence-electron chi connectivity index (χ4n) is 6.23. The summed E-state index contributed by atoms with van der Waals surface area (Å²) in [5, 5.41) is 23.5. The maximum atomic E-state index is 13.6. The normalized spacial score (nSPS) is 23.3. The van der Waals surface area contributed by atoms with E-state index in [4.69, 9.17) is 29.2 Å². The summed E-state index contributed by atoms with van der Waals surface area (Å²) in [7, 11) is 0. The van der Waals surface area contributed by atoms with Gasteiger partial charge >= 0.3 is 5.97 Å². The molecule has 3 aliphatic carbocycles. The smallest absolute Gasteiger partial charge is 0.339 e. The molecule has 2 saturated carbocycles. The van der Waals surface area contributed by atoms with Crippen LogP contribution >= 0.6 is 0 Å². The van der Waals surface area contributed by atoms with Gasteiger partial charge in [0.05, 0.1) is 25.0 Å². The molecule has 1 aliphatic heterocycles. The lowest BCUT2D eigenvalue weighted by Crippen LogP contribution is -2.44. The number of esters is 1. The van der Waals surface area contributed by atoms with Gasteiger partial charge in [-0.2, -0.15) is 0 Å². The number of aliphatic hydroxyl groups is 2. The van der Waals surface area contributed by atoms with Crippen molar-refractivity contribution in [3.63, 3.8) is 0 Å². The standard InChI is InChI=1S/C35H40N2O9/c38-14-13-36-32(40)24-6-3-4-22(18-24)21-37-33(41)25-19-29(31-30(20-25)45-35(46-31,26-8-9-26)27-10-11-27)44-34(42)28-7-2-1-5-23(28)12-16-43-17-15-39/h1-7,12,16,18,20,26-27,29-31,38-39H,8-11,13-15,17,19,21H2,(H,36,40)(H,37,41)/t29-,30-,31+/m1/s1. The van der Waals surface area contributed by atoms with Crippen LogP contribution in [-0.2, 0) is 30.3 Å². The molecule has 11 nitrogen and oxygen atoms in total. The average molecular weight is 633 g/mol. The molecule has 0 unspecified atom stereocenters. The summed E-state index contributed by atoms with van der Waals surface area (Å²) in [6, 6.07) is 13.9. The summed E-state index contributed by atoms with van der Waals surface area (Å²) in [5.41, 5.74) is 2.52. The first-order valence-corrected chi connectivity index (χ1v) is 15.9. The lowest BCUT2D eigenvalue weighted by Gasteiger charge is -2.31. The number of fused-ring (bicyclic) bond motifs is 1. The number of aliphatic hydroxyl groups excluding tert-OH is 2. The summed E-state index contributed by atoms with van der Waals surface area (Å²) in [5.74, 6) is -1.32. The molecule has 11 heteroatoms. The van der Waals surface area contributed by atoms with Crippen molar-refractivity contribution >= 4 is 23.9 Å². The number of benzene rings is 2. The van der Waals surface area contributed by atoms with Crippen molar-refractivity contribution in [2.24, 2.45) is 11.8 Å². The zero-order chi connectivity index (χ0) is 32.1. The second-order valence-electron chi connectivity index (χ2n) is 12.1. The Morgan fingerprint density at radius 2 is 1.72 bits per heavy atom. The minimum absolute atomic E-state index is 0.123. The monoisotopic (exact) mass is 632 g/mol. The van der Waals surface area contributed by atoms with Gasteiger partial charge in [-0.15, -0.1) is 0 Å². The summed E-state index contributed by atoms with van der Waals surface area (Å²) in [6.07, 6.45) is 7.25. The highest BCUT2D eigenvalue weighted by Gasteiger charge is 2.64. The lowest BCUT2D eigenvalue weighted by molar-refractivity contribution is -0.209. The Morgan fingerprint density at radius 1 is 0.935 bits per heavy atom. The number of nitrogens with one attached hydrogen (secondary N) is 2. The Labute approximate surface area is 267 Å². The van der Waals surface area contributed by atoms with Crippen LogP contribution < -0.4 is 10.6 Å². The molecule has 3 atom stereocenters. The van der Waals surface area contributed by atoms with Gasteiger partial charge in [-0.3, -0.25) is 9.59 Å². The van der Waals surface area contributed by atoms with E-state index in [0.29, 0.717) is 34.1 Å². The van der Waals surface area contributed by atoms with Gasteiger partial charge in [-0.25, -0.2) is 4.79 Å². The maximum Gasteiger partial charge on any atom is 0.339 e. The number of carbonyl (C=O) groups excluding carboxylic acids is 3. The van der Waals surface area contributed by atoms with Crippen LogP contribution in [0.1, 0.15) is 63.9 Å². The van der Waals surface area contributed by atoms with E-state index in [2.05, 4.69) is 10.6 Å². The van der Waals surface area contributed by atoms with Gasteiger partial charge in [-0.05, 0) is 67.2 Å². The van der Waals surface area contributed by atoms with Crippen molar-refractivity contribution in [2.75, 3.05) is 26.4 Å². The van der Waals surface area contributed by atoms with Crippen molar-refractivity contribution in [1.29, 1.82) is 0 Å². The molecule has 46 heavy (non-hydrogen) atoms. The predicted octanol–water partition coefficient (Wildman–Crippen LogP) is 2.86. The van der Waals surface area contributed by atoms with Crippen LogP contribution in [0.4, 0.5) is 0 Å². The number of rotatable bonds is 14. The second-order valence-corrected chi connectivity index (χ2v) is 12.1. The molecular formula is C35H40N2O9. The van der Waals surface area contributed by atoms with E-state index in [1.54, 1.807) is 48.5 Å². The number of amides is 2. The van der Waals surface area contributed by atoms with Gasteiger partial charge < -0.3 is 39.8 Å². The van der Waals surface area contributed by atoms with Crippen LogP contribution in [0.15, 0.2) is 66.4 Å². The van der Waals surface area contributed by atoms with Gasteiger partial charge in [0.25, 0.3) is 5.91 Å². The molecule has 3 fully saturated rings. The van der Waals surface area contributed by atoms with Gasteiger partial charge in [-0.1, -0.05) is 30.3 Å². The molecule has 2 aromatic rings. The van der Waals surface area contributed by atoms with E-state index in [-0.39, 0.29) is 51.1 Å². The fraction of sp³-hybridized carbons (Fsp3) is 0.457. The van der Waals surface area contributed by atoms with E-state index in [1.165, 1.54) is 6.26 Å². The SMILES string of the molecule is O=C(NCc1cccc(C(=O)NCCO)c1)C1=C[C@H]2OC(C3CC3)(C3CC3)O[C@H]2[C@H](OC(=O)c2ccccc2C=COCCO)C1. The number of carbonyl (C=O) groups is 3. The topological polar surface area (TPSA) is 153 Å². The average Bonchev–Trinajstić information content (AvgIpc) is 4.02. The summed E-state index contributed by atoms with van der Waals surface area (Å²) >= 11 is 0. The molecule has 2 amide bonds. The van der Waals surface area contributed by atoms with Gasteiger partial charge in [0.15, 0.2) is 5.79 Å². The number of hydrogen-bond donors (Lipinski definition) is 4.